The van der Waals surface area contributed by atoms with Gasteiger partial charge in [-0.05, 0) is 55.7 Å². The monoisotopic (exact) mass is 388 g/mol. The lowest BCUT2D eigenvalue weighted by atomic mass is 9.90. The lowest BCUT2D eigenvalue weighted by Crippen LogP contribution is -2.40. The third-order valence-corrected chi connectivity index (χ3v) is 5.74. The van der Waals surface area contributed by atoms with E-state index in [4.69, 9.17) is 9.47 Å². The number of nitrogens with zero attached hydrogens (tertiary/aromatic N) is 2. The molecule has 1 aromatic carbocycles. The minimum Gasteiger partial charge on any atom is -0.382 e. The molecule has 0 aliphatic carbocycles. The number of amides is 2. The molecule has 6 heteroatoms. The quantitative estimate of drug-likeness (QED) is 0.642. The minimum absolute atomic E-state index is 0.0688. The van der Waals surface area contributed by atoms with Crippen molar-refractivity contribution in [2.75, 3.05) is 53.1 Å². The van der Waals surface area contributed by atoms with E-state index in [1.165, 1.54) is 5.56 Å². The second-order valence-electron chi connectivity index (χ2n) is 7.77. The Balaban J connectivity index is 1.40. The molecule has 0 radical (unpaired) electrons. The van der Waals surface area contributed by atoms with Crippen LogP contribution in [0.25, 0.3) is 0 Å². The number of methoxy groups -OCH3 is 1. The summed E-state index contributed by atoms with van der Waals surface area (Å²) in [6, 6.07) is 8.10. The number of carbonyl (C=O) groups is 2. The Morgan fingerprint density at radius 2 is 1.64 bits per heavy atom. The Morgan fingerprint density at radius 1 is 0.964 bits per heavy atom. The van der Waals surface area contributed by atoms with Gasteiger partial charge in [-0.2, -0.15) is 0 Å². The molecular formula is C22H32N2O4. The number of hydrogen-bond donors (Lipinski definition) is 0. The molecule has 0 spiro atoms. The Labute approximate surface area is 167 Å². The highest BCUT2D eigenvalue weighted by atomic mass is 16.5. The van der Waals surface area contributed by atoms with Crippen LogP contribution in [-0.2, 0) is 20.7 Å². The minimum atomic E-state index is 0.0688. The van der Waals surface area contributed by atoms with E-state index in [1.54, 1.807) is 7.11 Å². The number of rotatable bonds is 8. The van der Waals surface area contributed by atoms with Gasteiger partial charge in [0.25, 0.3) is 5.91 Å². The average molecular weight is 389 g/mol. The highest BCUT2D eigenvalue weighted by Crippen LogP contribution is 2.22. The van der Waals surface area contributed by atoms with Gasteiger partial charge in [0.1, 0.15) is 6.61 Å². The van der Waals surface area contributed by atoms with Gasteiger partial charge < -0.3 is 19.3 Å². The Kier molecular flexibility index (Phi) is 7.86. The third kappa shape index (κ3) is 5.79. The van der Waals surface area contributed by atoms with Gasteiger partial charge in [-0.1, -0.05) is 12.1 Å². The summed E-state index contributed by atoms with van der Waals surface area (Å²) >= 11 is 0. The summed E-state index contributed by atoms with van der Waals surface area (Å²) in [5, 5.41) is 0. The third-order valence-electron chi connectivity index (χ3n) is 5.74. The van der Waals surface area contributed by atoms with Crippen LogP contribution in [0, 0.1) is 5.92 Å². The van der Waals surface area contributed by atoms with Gasteiger partial charge in [0.2, 0.25) is 5.91 Å². The fourth-order valence-corrected chi connectivity index (χ4v) is 4.00. The van der Waals surface area contributed by atoms with Crippen molar-refractivity contribution in [2.24, 2.45) is 5.92 Å². The molecule has 0 N–H and O–H groups in total. The van der Waals surface area contributed by atoms with Crippen molar-refractivity contribution >= 4 is 11.8 Å². The van der Waals surface area contributed by atoms with Crippen LogP contribution in [0.5, 0.6) is 0 Å². The van der Waals surface area contributed by atoms with E-state index in [-0.39, 0.29) is 18.4 Å². The summed E-state index contributed by atoms with van der Waals surface area (Å²) < 4.78 is 10.2. The standard InChI is InChI=1S/C22H32N2O4/c1-27-14-15-28-17-21(25)23-12-8-19(9-13-23)16-18-4-6-20(7-5-18)22(26)24-10-2-3-11-24/h4-7,19H,2-3,8-17H2,1H3. The van der Waals surface area contributed by atoms with Crippen molar-refractivity contribution in [3.63, 3.8) is 0 Å². The zero-order chi connectivity index (χ0) is 19.8. The van der Waals surface area contributed by atoms with Crippen LogP contribution in [0.1, 0.15) is 41.6 Å². The summed E-state index contributed by atoms with van der Waals surface area (Å²) in [7, 11) is 1.62. The fourth-order valence-electron chi connectivity index (χ4n) is 4.00. The maximum absolute atomic E-state index is 12.4. The normalized spacial score (nSPS) is 17.9. The molecule has 0 bridgehead atoms. The number of hydrogen-bond acceptors (Lipinski definition) is 4. The highest BCUT2D eigenvalue weighted by Gasteiger charge is 2.23. The Hall–Kier alpha value is -1.92. The van der Waals surface area contributed by atoms with Gasteiger partial charge in [-0.3, -0.25) is 9.59 Å². The molecule has 2 aliphatic rings. The van der Waals surface area contributed by atoms with E-state index in [1.807, 2.05) is 21.9 Å². The van der Waals surface area contributed by atoms with Gasteiger partial charge in [0.05, 0.1) is 13.2 Å². The molecule has 28 heavy (non-hydrogen) atoms. The largest absolute Gasteiger partial charge is 0.382 e. The summed E-state index contributed by atoms with van der Waals surface area (Å²) in [5.41, 5.74) is 2.06. The van der Waals surface area contributed by atoms with E-state index < -0.39 is 0 Å². The molecule has 3 rings (SSSR count). The smallest absolute Gasteiger partial charge is 0.253 e. The fraction of sp³-hybridized carbons (Fsp3) is 0.636. The SMILES string of the molecule is COCCOCC(=O)N1CCC(Cc2ccc(C(=O)N3CCCC3)cc2)CC1. The summed E-state index contributed by atoms with van der Waals surface area (Å²) in [5.74, 6) is 0.807. The van der Waals surface area contributed by atoms with Gasteiger partial charge in [0, 0.05) is 38.9 Å². The van der Waals surface area contributed by atoms with Crippen LogP contribution >= 0.6 is 0 Å². The summed E-state index contributed by atoms with van der Waals surface area (Å²) in [6.07, 6.45) is 5.26. The molecule has 6 nitrogen and oxygen atoms in total. The predicted octanol–water partition coefficient (Wildman–Crippen LogP) is 2.37. The first-order valence-electron chi connectivity index (χ1n) is 10.4. The molecule has 0 saturated carbocycles. The van der Waals surface area contributed by atoms with Crippen molar-refractivity contribution in [1.29, 1.82) is 0 Å². The first-order valence-corrected chi connectivity index (χ1v) is 10.4. The predicted molar refractivity (Wildman–Crippen MR) is 107 cm³/mol. The van der Waals surface area contributed by atoms with Gasteiger partial charge in [-0.25, -0.2) is 0 Å². The summed E-state index contributed by atoms with van der Waals surface area (Å²) in [4.78, 5) is 28.4. The maximum atomic E-state index is 12.4. The van der Waals surface area contributed by atoms with E-state index in [2.05, 4.69) is 12.1 Å². The van der Waals surface area contributed by atoms with Crippen LogP contribution in [0.3, 0.4) is 0 Å². The van der Waals surface area contributed by atoms with E-state index in [0.29, 0.717) is 19.1 Å². The number of benzene rings is 1. The molecule has 2 amide bonds. The first-order chi connectivity index (χ1) is 13.7. The molecule has 2 saturated heterocycles. The second kappa shape index (κ2) is 10.6. The lowest BCUT2D eigenvalue weighted by Gasteiger charge is -2.32. The molecule has 0 aromatic heterocycles. The van der Waals surface area contributed by atoms with E-state index >= 15 is 0 Å². The lowest BCUT2D eigenvalue weighted by molar-refractivity contribution is -0.137. The second-order valence-corrected chi connectivity index (χ2v) is 7.77. The Morgan fingerprint density at radius 3 is 2.29 bits per heavy atom. The van der Waals surface area contributed by atoms with E-state index in [9.17, 15) is 9.59 Å². The number of likely N-dealkylation sites (tertiary alicyclic amines) is 2. The van der Waals surface area contributed by atoms with Crippen molar-refractivity contribution in [2.45, 2.75) is 32.1 Å². The number of piperidine rings is 1. The molecule has 0 unspecified atom stereocenters. The molecular weight excluding hydrogens is 356 g/mol. The van der Waals surface area contributed by atoms with E-state index in [0.717, 1.165) is 63.8 Å². The van der Waals surface area contributed by atoms with Gasteiger partial charge >= 0.3 is 0 Å². The molecule has 2 fully saturated rings. The van der Waals surface area contributed by atoms with Crippen molar-refractivity contribution < 1.29 is 19.1 Å². The highest BCUT2D eigenvalue weighted by molar-refractivity contribution is 5.94. The van der Waals surface area contributed by atoms with Gasteiger partial charge in [-0.15, -0.1) is 0 Å². The number of carbonyl (C=O) groups excluding carboxylic acids is 2. The maximum Gasteiger partial charge on any atom is 0.253 e. The molecule has 2 heterocycles. The number of ether oxygens (including phenoxy) is 2. The molecule has 2 aliphatic heterocycles. The topological polar surface area (TPSA) is 59.1 Å². The van der Waals surface area contributed by atoms with Crippen molar-refractivity contribution in [1.82, 2.24) is 9.80 Å². The zero-order valence-electron chi connectivity index (χ0n) is 16.9. The molecule has 1 aromatic rings. The summed E-state index contributed by atoms with van der Waals surface area (Å²) in [6.45, 7) is 4.46. The molecule has 154 valence electrons. The first kappa shape index (κ1) is 20.8. The molecule has 0 atom stereocenters. The Bertz CT molecular complexity index is 632. The average Bonchev–Trinajstić information content (AvgIpc) is 3.26. The van der Waals surface area contributed by atoms with Crippen LogP contribution in [0.2, 0.25) is 0 Å². The van der Waals surface area contributed by atoms with Gasteiger partial charge in [0.15, 0.2) is 0 Å². The van der Waals surface area contributed by atoms with Crippen LogP contribution in [0.15, 0.2) is 24.3 Å². The van der Waals surface area contributed by atoms with Crippen LogP contribution in [-0.4, -0.2) is 74.7 Å². The van der Waals surface area contributed by atoms with Crippen LogP contribution in [0.4, 0.5) is 0 Å². The zero-order valence-corrected chi connectivity index (χ0v) is 16.9. The van der Waals surface area contributed by atoms with Crippen molar-refractivity contribution in [3.05, 3.63) is 35.4 Å². The van der Waals surface area contributed by atoms with Crippen molar-refractivity contribution in [3.8, 4) is 0 Å². The van der Waals surface area contributed by atoms with Crippen LogP contribution < -0.4 is 0 Å².